The topological polar surface area (TPSA) is 124 Å². The summed E-state index contributed by atoms with van der Waals surface area (Å²) in [5, 5.41) is 20.8. The van der Waals surface area contributed by atoms with E-state index in [1.807, 2.05) is 48.5 Å². The lowest BCUT2D eigenvalue weighted by Crippen LogP contribution is -2.46. The highest BCUT2D eigenvalue weighted by Gasteiger charge is 2.43. The van der Waals surface area contributed by atoms with E-state index in [4.69, 9.17) is 4.42 Å². The first kappa shape index (κ1) is 26.4. The van der Waals surface area contributed by atoms with Crippen molar-refractivity contribution in [2.75, 3.05) is 13.1 Å². The average molecular weight is 528 g/mol. The highest BCUT2D eigenvalue weighted by molar-refractivity contribution is 5.78. The summed E-state index contributed by atoms with van der Waals surface area (Å²) < 4.78 is 5.98. The second-order valence-electron chi connectivity index (χ2n) is 10.3. The van der Waals surface area contributed by atoms with Crippen LogP contribution in [0.1, 0.15) is 53.8 Å². The van der Waals surface area contributed by atoms with Crippen molar-refractivity contribution < 1.29 is 14.3 Å². The van der Waals surface area contributed by atoms with E-state index in [1.54, 1.807) is 6.92 Å². The standard InChI is InChI=1S/C30H33N5O4/c1-21-16-25(36)27(38)28(39-21)30(12-14-35(15-13-30)19-23-10-6-3-7-11-23)18-26(37)33-24(29-31-20-32-34-29)17-22-8-4-2-5-9-22/h2-11,16,20,24,38H,12-15,17-19H2,1H3,(H,33,37)(H,31,32,34). The van der Waals surface area contributed by atoms with Crippen molar-refractivity contribution in [1.82, 2.24) is 25.4 Å². The molecule has 1 amide bonds. The van der Waals surface area contributed by atoms with Crippen LogP contribution in [0.25, 0.3) is 0 Å². The number of aromatic hydroxyl groups is 1. The van der Waals surface area contributed by atoms with Gasteiger partial charge in [-0.2, -0.15) is 5.10 Å². The maximum Gasteiger partial charge on any atom is 0.227 e. The molecular weight excluding hydrogens is 494 g/mol. The Labute approximate surface area is 226 Å². The van der Waals surface area contributed by atoms with Crippen LogP contribution in [0.15, 0.2) is 82.3 Å². The van der Waals surface area contributed by atoms with Gasteiger partial charge in [0.1, 0.15) is 17.9 Å². The number of rotatable bonds is 9. The summed E-state index contributed by atoms with van der Waals surface area (Å²) in [5.41, 5.74) is 0.934. The lowest BCUT2D eigenvalue weighted by molar-refractivity contribution is -0.124. The van der Waals surface area contributed by atoms with E-state index in [-0.39, 0.29) is 18.1 Å². The van der Waals surface area contributed by atoms with Gasteiger partial charge in [0.05, 0.1) is 6.04 Å². The van der Waals surface area contributed by atoms with Crippen molar-refractivity contribution in [3.8, 4) is 5.75 Å². The van der Waals surface area contributed by atoms with Crippen LogP contribution < -0.4 is 10.7 Å². The first-order chi connectivity index (χ1) is 18.9. The molecule has 3 N–H and O–H groups in total. The molecule has 39 heavy (non-hydrogen) atoms. The van der Waals surface area contributed by atoms with Crippen molar-refractivity contribution in [3.63, 3.8) is 0 Å². The first-order valence-corrected chi connectivity index (χ1v) is 13.2. The fourth-order valence-electron chi connectivity index (χ4n) is 5.43. The van der Waals surface area contributed by atoms with Crippen LogP contribution in [0.4, 0.5) is 0 Å². The van der Waals surface area contributed by atoms with E-state index in [1.165, 1.54) is 18.0 Å². The predicted octanol–water partition coefficient (Wildman–Crippen LogP) is 3.80. The molecule has 1 fully saturated rings. The molecule has 1 aliphatic rings. The van der Waals surface area contributed by atoms with Gasteiger partial charge in [-0.1, -0.05) is 60.7 Å². The van der Waals surface area contributed by atoms with Crippen LogP contribution in [-0.4, -0.2) is 44.2 Å². The molecule has 2 aromatic carbocycles. The Balaban J connectivity index is 1.38. The van der Waals surface area contributed by atoms with E-state index in [2.05, 4.69) is 37.5 Å². The van der Waals surface area contributed by atoms with Crippen molar-refractivity contribution in [1.29, 1.82) is 0 Å². The molecule has 1 unspecified atom stereocenters. The Kier molecular flexibility index (Phi) is 7.88. The van der Waals surface area contributed by atoms with Gasteiger partial charge in [-0.15, -0.1) is 0 Å². The van der Waals surface area contributed by atoms with Crippen LogP contribution in [0.5, 0.6) is 5.75 Å². The highest BCUT2D eigenvalue weighted by Crippen LogP contribution is 2.42. The third-order valence-corrected chi connectivity index (χ3v) is 7.47. The monoisotopic (exact) mass is 527 g/mol. The van der Waals surface area contributed by atoms with Crippen molar-refractivity contribution in [2.45, 2.75) is 50.6 Å². The zero-order chi connectivity index (χ0) is 27.2. The van der Waals surface area contributed by atoms with E-state index in [0.717, 1.165) is 12.1 Å². The molecule has 0 radical (unpaired) electrons. The Bertz CT molecular complexity index is 1430. The van der Waals surface area contributed by atoms with Gasteiger partial charge in [0, 0.05) is 24.4 Å². The van der Waals surface area contributed by atoms with Gasteiger partial charge in [0.25, 0.3) is 0 Å². The number of aryl methyl sites for hydroxylation is 1. The number of benzene rings is 2. The molecule has 0 spiro atoms. The minimum Gasteiger partial charge on any atom is -0.502 e. The number of carbonyl (C=O) groups excluding carboxylic acids is 1. The van der Waals surface area contributed by atoms with Gasteiger partial charge >= 0.3 is 0 Å². The third-order valence-electron chi connectivity index (χ3n) is 7.47. The molecule has 0 saturated carbocycles. The highest BCUT2D eigenvalue weighted by atomic mass is 16.4. The van der Waals surface area contributed by atoms with Crippen LogP contribution >= 0.6 is 0 Å². The number of hydrogen-bond donors (Lipinski definition) is 3. The number of amides is 1. The molecule has 9 heteroatoms. The zero-order valence-electron chi connectivity index (χ0n) is 22.0. The van der Waals surface area contributed by atoms with Gasteiger partial charge in [-0.3, -0.25) is 19.6 Å². The molecule has 1 atom stereocenters. The lowest BCUT2D eigenvalue weighted by atomic mass is 9.72. The number of H-pyrrole nitrogens is 1. The largest absolute Gasteiger partial charge is 0.502 e. The first-order valence-electron chi connectivity index (χ1n) is 13.2. The van der Waals surface area contributed by atoms with E-state index >= 15 is 0 Å². The molecule has 1 saturated heterocycles. The SMILES string of the molecule is Cc1cc(=O)c(O)c(C2(CC(=O)NC(Cc3ccccc3)c3ncn[nH]3)CCN(Cc3ccccc3)CC2)o1. The summed E-state index contributed by atoms with van der Waals surface area (Å²) >= 11 is 0. The number of piperidine rings is 1. The van der Waals surface area contributed by atoms with Gasteiger partial charge in [-0.25, -0.2) is 4.98 Å². The number of nitrogens with zero attached hydrogens (tertiary/aromatic N) is 3. The molecule has 3 heterocycles. The van der Waals surface area contributed by atoms with Gasteiger partial charge in [0.15, 0.2) is 5.76 Å². The predicted molar refractivity (Wildman–Crippen MR) is 146 cm³/mol. The summed E-state index contributed by atoms with van der Waals surface area (Å²) in [6, 6.07) is 20.9. The van der Waals surface area contributed by atoms with Crippen molar-refractivity contribution >= 4 is 5.91 Å². The number of carbonyl (C=O) groups is 1. The lowest BCUT2D eigenvalue weighted by Gasteiger charge is -2.41. The maximum absolute atomic E-state index is 13.7. The molecule has 2 aromatic heterocycles. The third kappa shape index (κ3) is 6.26. The Morgan fingerprint density at radius 3 is 2.41 bits per heavy atom. The summed E-state index contributed by atoms with van der Waals surface area (Å²) in [7, 11) is 0. The molecule has 9 nitrogen and oxygen atoms in total. The van der Waals surface area contributed by atoms with E-state index < -0.39 is 22.6 Å². The van der Waals surface area contributed by atoms with Crippen LogP contribution in [0.3, 0.4) is 0 Å². The number of aromatic amines is 1. The number of nitrogens with one attached hydrogen (secondary N) is 2. The van der Waals surface area contributed by atoms with E-state index in [9.17, 15) is 14.7 Å². The molecule has 1 aliphatic heterocycles. The molecule has 4 aromatic rings. The van der Waals surface area contributed by atoms with Gasteiger partial charge in [-0.05, 0) is 50.4 Å². The maximum atomic E-state index is 13.7. The summed E-state index contributed by atoms with van der Waals surface area (Å²) in [5.74, 6) is 0.529. The summed E-state index contributed by atoms with van der Waals surface area (Å²) in [6.07, 6.45) is 3.12. The molecular formula is C30H33N5O4. The molecule has 5 rings (SSSR count). The van der Waals surface area contributed by atoms with E-state index in [0.29, 0.717) is 43.9 Å². The second-order valence-corrected chi connectivity index (χ2v) is 10.3. The zero-order valence-corrected chi connectivity index (χ0v) is 22.0. The van der Waals surface area contributed by atoms with Gasteiger partial charge in [0.2, 0.25) is 17.1 Å². The van der Waals surface area contributed by atoms with Crippen molar-refractivity contribution in [2.24, 2.45) is 0 Å². The number of hydrogen-bond acceptors (Lipinski definition) is 7. The minimum absolute atomic E-state index is 0.0611. The van der Waals surface area contributed by atoms with Crippen molar-refractivity contribution in [3.05, 3.63) is 112 Å². The number of likely N-dealkylation sites (tertiary alicyclic amines) is 1. The molecule has 202 valence electrons. The second kappa shape index (κ2) is 11.7. The quantitative estimate of drug-likeness (QED) is 0.302. The average Bonchev–Trinajstić information content (AvgIpc) is 3.48. The molecule has 0 aliphatic carbocycles. The Morgan fingerprint density at radius 1 is 1.10 bits per heavy atom. The normalized spacial score (nSPS) is 16.0. The van der Waals surface area contributed by atoms with Crippen LogP contribution in [-0.2, 0) is 23.2 Å². The fraction of sp³-hybridized carbons (Fsp3) is 0.333. The van der Waals surface area contributed by atoms with Gasteiger partial charge < -0.3 is 14.8 Å². The smallest absolute Gasteiger partial charge is 0.227 e. The molecule has 0 bridgehead atoms. The minimum atomic E-state index is -0.828. The number of aromatic nitrogens is 3. The Hall–Kier alpha value is -4.24. The van der Waals surface area contributed by atoms with Crippen LogP contribution in [0, 0.1) is 6.92 Å². The summed E-state index contributed by atoms with van der Waals surface area (Å²) in [6.45, 7) is 3.85. The van der Waals surface area contributed by atoms with Crippen LogP contribution in [0.2, 0.25) is 0 Å². The fourth-order valence-corrected chi connectivity index (χ4v) is 5.43. The Morgan fingerprint density at radius 2 is 1.77 bits per heavy atom. The summed E-state index contributed by atoms with van der Waals surface area (Å²) in [4.78, 5) is 32.8.